The summed E-state index contributed by atoms with van der Waals surface area (Å²) in [5, 5.41) is 26.2. The highest BCUT2D eigenvalue weighted by Crippen LogP contribution is 2.23. The molecule has 17 nitrogen and oxygen atoms in total. The summed E-state index contributed by atoms with van der Waals surface area (Å²) in [5.41, 5.74) is 0.411. The van der Waals surface area contributed by atoms with Crippen molar-refractivity contribution in [2.24, 2.45) is 10.8 Å². The molecule has 0 unspecified atom stereocenters. The molecule has 290 valence electrons. The lowest BCUT2D eigenvalue weighted by Crippen LogP contribution is -2.31. The third kappa shape index (κ3) is 13.0. The summed E-state index contributed by atoms with van der Waals surface area (Å²) in [6.45, 7) is 13.1. The van der Waals surface area contributed by atoms with Crippen LogP contribution in [-0.4, -0.2) is 63.9 Å². The molecular weight excluding hydrogens is 706 g/mol. The van der Waals surface area contributed by atoms with Crippen molar-refractivity contribution in [3.63, 3.8) is 0 Å². The number of hydrogen-bond donors (Lipinski definition) is 0. The monoisotopic (exact) mass is 751 g/mol. The van der Waals surface area contributed by atoms with Gasteiger partial charge in [0.1, 0.15) is 5.69 Å². The number of ketones is 2. The first kappa shape index (κ1) is 43.8. The highest BCUT2D eigenvalue weighted by molar-refractivity contribution is 5.94. The molecule has 0 aromatic carbocycles. The van der Waals surface area contributed by atoms with Crippen LogP contribution in [0.3, 0.4) is 0 Å². The second-order valence-corrected chi connectivity index (χ2v) is 13.6. The first-order valence-electron chi connectivity index (χ1n) is 16.3. The van der Waals surface area contributed by atoms with E-state index in [2.05, 4.69) is 9.84 Å². The van der Waals surface area contributed by atoms with Crippen molar-refractivity contribution >= 4 is 35.4 Å². The van der Waals surface area contributed by atoms with Crippen LogP contribution in [0.25, 0.3) is 11.4 Å². The first-order valence-corrected chi connectivity index (χ1v) is 16.3. The Morgan fingerprint density at radius 2 is 1.31 bits per heavy atom. The van der Waals surface area contributed by atoms with Gasteiger partial charge < -0.3 is 38.5 Å². The zero-order chi connectivity index (χ0) is 41.0. The van der Waals surface area contributed by atoms with E-state index < -0.39 is 28.7 Å². The molecule has 0 N–H and O–H groups in total. The third-order valence-corrected chi connectivity index (χ3v) is 7.01. The smallest absolute Gasteiger partial charge is 0.339 e. The van der Waals surface area contributed by atoms with Crippen molar-refractivity contribution in [2.75, 3.05) is 14.2 Å². The molecule has 0 saturated carbocycles. The van der Waals surface area contributed by atoms with Crippen molar-refractivity contribution in [1.82, 2.24) is 14.2 Å². The van der Waals surface area contributed by atoms with Gasteiger partial charge >= 0.3 is 23.9 Å². The van der Waals surface area contributed by atoms with Crippen LogP contribution < -0.4 is 9.58 Å². The summed E-state index contributed by atoms with van der Waals surface area (Å²) in [6, 6.07) is 9.04. The molecule has 0 bridgehead atoms. The van der Waals surface area contributed by atoms with Crippen LogP contribution in [0.1, 0.15) is 97.0 Å². The number of esters is 4. The van der Waals surface area contributed by atoms with Crippen molar-refractivity contribution in [3.05, 3.63) is 100 Å². The van der Waals surface area contributed by atoms with Gasteiger partial charge in [0.2, 0.25) is 11.9 Å². The maximum atomic E-state index is 12.4. The van der Waals surface area contributed by atoms with Gasteiger partial charge in [-0.3, -0.25) is 19.2 Å². The molecule has 0 aliphatic carbocycles. The standard InChI is InChI=1S/C19H22N2O6.C12H17NO4.C6H6N2O2/c1-12(22)13-6-7-15(21(25)10-13)16-8-14(17(23)26-5)9-20(16)11-27-18(24)19(2,3)4;1-12(2,3)11(15)17-8-13-6-5-9(7-13)10(14)16-4;1-5(9)6-3-2-4-8(10)7-6/h6-10H,11H2,1-5H3;5-7H,8H2,1-4H3;2-4H,1H3. The third-order valence-electron chi connectivity index (χ3n) is 7.01. The van der Waals surface area contributed by atoms with Gasteiger partial charge in [-0.15, -0.1) is 0 Å². The number of ether oxygens (including phenoxy) is 4. The van der Waals surface area contributed by atoms with E-state index >= 15 is 0 Å². The fraction of sp³-hybridized carbons (Fsp3) is 0.378. The Kier molecular flexibility index (Phi) is 15.3. The summed E-state index contributed by atoms with van der Waals surface area (Å²) in [7, 11) is 2.56. The van der Waals surface area contributed by atoms with Gasteiger partial charge in [0.15, 0.2) is 36.9 Å². The lowest BCUT2D eigenvalue weighted by atomic mass is 9.97. The summed E-state index contributed by atoms with van der Waals surface area (Å²) in [4.78, 5) is 69.0. The number of pyridine rings is 1. The quantitative estimate of drug-likeness (QED) is 0.0776. The fourth-order valence-electron chi connectivity index (χ4n) is 3.97. The average molecular weight is 752 g/mol. The minimum Gasteiger partial charge on any atom is -0.618 e. The van der Waals surface area contributed by atoms with E-state index in [9.17, 15) is 39.2 Å². The molecular formula is C37H45N5O12. The van der Waals surface area contributed by atoms with Crippen molar-refractivity contribution in [1.29, 1.82) is 0 Å². The highest BCUT2D eigenvalue weighted by Gasteiger charge is 2.26. The maximum absolute atomic E-state index is 12.4. The lowest BCUT2D eigenvalue weighted by molar-refractivity contribution is -0.669. The summed E-state index contributed by atoms with van der Waals surface area (Å²) < 4.78 is 23.3. The van der Waals surface area contributed by atoms with Crippen molar-refractivity contribution in [2.45, 2.75) is 68.9 Å². The van der Waals surface area contributed by atoms with E-state index in [1.807, 2.05) is 0 Å². The number of methoxy groups -OCH3 is 2. The number of rotatable bonds is 9. The lowest BCUT2D eigenvalue weighted by Gasteiger charge is -2.17. The maximum Gasteiger partial charge on any atom is 0.339 e. The normalized spacial score (nSPS) is 10.8. The Hall–Kier alpha value is -6.39. The molecule has 0 atom stereocenters. The van der Waals surface area contributed by atoms with Crippen LogP contribution in [0, 0.1) is 21.2 Å². The van der Waals surface area contributed by atoms with Crippen LogP contribution in [-0.2, 0) is 42.0 Å². The van der Waals surface area contributed by atoms with Gasteiger partial charge in [-0.25, -0.2) is 9.59 Å². The largest absolute Gasteiger partial charge is 0.618 e. The van der Waals surface area contributed by atoms with Gasteiger partial charge in [0, 0.05) is 42.7 Å². The zero-order valence-electron chi connectivity index (χ0n) is 31.9. The van der Waals surface area contributed by atoms with Gasteiger partial charge in [-0.1, -0.05) is 4.85 Å². The topological polar surface area (TPSA) is 216 Å². The number of carbonyl (C=O) groups excluding carboxylic acids is 6. The number of Topliss-reactive ketones (excluding diaryl/α,β-unsaturated/α-hetero) is 2. The average Bonchev–Trinajstić information content (AvgIpc) is 3.76. The minimum absolute atomic E-state index is 0.0904. The number of carbonyl (C=O) groups is 6. The molecule has 4 aromatic rings. The first-order chi connectivity index (χ1) is 25.1. The summed E-state index contributed by atoms with van der Waals surface area (Å²) >= 11 is 0. The predicted octanol–water partition coefficient (Wildman–Crippen LogP) is 4.06. The second-order valence-electron chi connectivity index (χ2n) is 13.6. The molecule has 4 heterocycles. The molecule has 0 spiro atoms. The predicted molar refractivity (Wildman–Crippen MR) is 190 cm³/mol. The molecule has 0 saturated heterocycles. The molecule has 17 heteroatoms. The number of hydrogen-bond acceptors (Lipinski definition) is 13. The van der Waals surface area contributed by atoms with E-state index in [4.69, 9.17) is 14.2 Å². The molecule has 54 heavy (non-hydrogen) atoms. The summed E-state index contributed by atoms with van der Waals surface area (Å²) in [6.07, 6.45) is 7.06. The number of aromatic nitrogens is 5. The Morgan fingerprint density at radius 3 is 1.80 bits per heavy atom. The van der Waals surface area contributed by atoms with Gasteiger partial charge in [0.25, 0.3) is 0 Å². The Balaban J connectivity index is 0.000000316. The van der Waals surface area contributed by atoms with Crippen LogP contribution in [0.5, 0.6) is 0 Å². The zero-order valence-corrected chi connectivity index (χ0v) is 31.9. The van der Waals surface area contributed by atoms with E-state index in [1.165, 1.54) is 75.4 Å². The van der Waals surface area contributed by atoms with Crippen molar-refractivity contribution < 1.29 is 57.3 Å². The van der Waals surface area contributed by atoms with Crippen LogP contribution in [0.4, 0.5) is 0 Å². The molecule has 0 amide bonds. The SMILES string of the molecule is CC(=O)c1ccc[n+]([O-])n1.COC(=O)c1cc(-c2ccc(C(C)=O)c[n+]2[O-])n(COC(=O)C(C)(C)C)c1.COC(=O)c1ccn(COC(=O)C(C)(C)C)c1. The fourth-order valence-corrected chi connectivity index (χ4v) is 3.97. The Bertz CT molecular complexity index is 1980. The van der Waals surface area contributed by atoms with Gasteiger partial charge in [-0.05, 0) is 72.7 Å². The van der Waals surface area contributed by atoms with Crippen molar-refractivity contribution in [3.8, 4) is 11.4 Å². The molecule has 0 aliphatic heterocycles. The van der Waals surface area contributed by atoms with E-state index in [0.717, 1.165) is 6.20 Å². The molecule has 4 rings (SSSR count). The Morgan fingerprint density at radius 1 is 0.741 bits per heavy atom. The van der Waals surface area contributed by atoms with Crippen LogP contribution in [0.15, 0.2) is 67.4 Å². The van der Waals surface area contributed by atoms with E-state index in [0.29, 0.717) is 20.8 Å². The highest BCUT2D eigenvalue weighted by atomic mass is 16.6. The summed E-state index contributed by atoms with van der Waals surface area (Å²) in [5.74, 6) is -2.16. The molecule has 0 fully saturated rings. The van der Waals surface area contributed by atoms with E-state index in [1.54, 1.807) is 64.6 Å². The second kappa shape index (κ2) is 18.9. The minimum atomic E-state index is -0.694. The number of nitrogens with zero attached hydrogens (tertiary/aromatic N) is 5. The van der Waals surface area contributed by atoms with Gasteiger partial charge in [-0.2, -0.15) is 4.73 Å². The van der Waals surface area contributed by atoms with Crippen LogP contribution in [0.2, 0.25) is 0 Å². The molecule has 0 aliphatic rings. The van der Waals surface area contributed by atoms with E-state index in [-0.39, 0.29) is 53.5 Å². The molecule has 0 radical (unpaired) electrons. The molecule has 4 aromatic heterocycles. The Labute approximate surface area is 312 Å². The van der Waals surface area contributed by atoms with Gasteiger partial charge in [0.05, 0.1) is 41.7 Å². The van der Waals surface area contributed by atoms with Crippen LogP contribution >= 0.6 is 0 Å².